The molecule has 0 saturated carbocycles. The number of hydrogen-bond acceptors (Lipinski definition) is 7. The van der Waals surface area contributed by atoms with Crippen LogP contribution >= 0.6 is 0 Å². The first-order valence-electron chi connectivity index (χ1n) is 7.17. The molecule has 1 aliphatic rings. The van der Waals surface area contributed by atoms with E-state index in [4.69, 9.17) is 4.42 Å². The molecule has 7 nitrogen and oxygen atoms in total. The molecule has 21 heavy (non-hydrogen) atoms. The van der Waals surface area contributed by atoms with Crippen LogP contribution in [-0.4, -0.2) is 42.1 Å². The van der Waals surface area contributed by atoms with Crippen LogP contribution in [0.1, 0.15) is 18.4 Å². The molecule has 1 saturated heterocycles. The van der Waals surface area contributed by atoms with E-state index in [1.807, 2.05) is 25.1 Å². The Bertz CT molecular complexity index is 579. The van der Waals surface area contributed by atoms with E-state index in [2.05, 4.69) is 25.2 Å². The first-order chi connectivity index (χ1) is 10.3. The van der Waals surface area contributed by atoms with Gasteiger partial charge in [-0.3, -0.25) is 0 Å². The molecule has 2 aromatic heterocycles. The number of nitrogens with one attached hydrogen (secondary N) is 1. The molecule has 1 N–H and O–H groups in total. The highest BCUT2D eigenvalue weighted by Crippen LogP contribution is 2.20. The first-order valence-corrected chi connectivity index (χ1v) is 7.17. The smallest absolute Gasteiger partial charge is 0.232 e. The Morgan fingerprint density at radius 2 is 2.10 bits per heavy atom. The predicted octanol–water partition coefficient (Wildman–Crippen LogP) is 1.74. The van der Waals surface area contributed by atoms with Gasteiger partial charge >= 0.3 is 0 Å². The zero-order chi connectivity index (χ0) is 14.7. The Balaban J connectivity index is 1.84. The molecule has 0 amide bonds. The molecular weight excluding hydrogens is 268 g/mol. The summed E-state index contributed by atoms with van der Waals surface area (Å²) in [6, 6.07) is 1.94. The highest BCUT2D eigenvalue weighted by molar-refractivity contribution is 5.45. The van der Waals surface area contributed by atoms with Gasteiger partial charge in [0, 0.05) is 39.3 Å². The Labute approximate surface area is 124 Å². The van der Waals surface area contributed by atoms with Gasteiger partial charge in [0.1, 0.15) is 0 Å². The molecule has 1 aliphatic heterocycles. The molecule has 0 unspecified atom stereocenters. The third-order valence-electron chi connectivity index (χ3n) is 3.57. The minimum absolute atomic E-state index is 0.598. The molecule has 3 rings (SSSR count). The van der Waals surface area contributed by atoms with Gasteiger partial charge in [-0.2, -0.15) is 15.0 Å². The van der Waals surface area contributed by atoms with E-state index in [1.54, 1.807) is 12.5 Å². The van der Waals surface area contributed by atoms with Crippen molar-refractivity contribution in [2.24, 2.45) is 0 Å². The summed E-state index contributed by atoms with van der Waals surface area (Å²) in [6.07, 6.45) is 5.80. The SMILES string of the molecule is CNc1nc(N(C)Cc2ccoc2)nc(N2CCCC2)n1. The molecule has 112 valence electrons. The van der Waals surface area contributed by atoms with Gasteiger partial charge in [-0.05, 0) is 18.9 Å². The lowest BCUT2D eigenvalue weighted by atomic mass is 10.3. The second-order valence-electron chi connectivity index (χ2n) is 5.19. The average molecular weight is 288 g/mol. The van der Waals surface area contributed by atoms with Crippen molar-refractivity contribution in [3.05, 3.63) is 24.2 Å². The molecule has 2 aromatic rings. The fraction of sp³-hybridized carbons (Fsp3) is 0.500. The number of rotatable bonds is 5. The molecule has 7 heteroatoms. The number of aromatic nitrogens is 3. The largest absolute Gasteiger partial charge is 0.472 e. The maximum Gasteiger partial charge on any atom is 0.232 e. The lowest BCUT2D eigenvalue weighted by Gasteiger charge is -2.20. The Hall–Kier alpha value is -2.31. The van der Waals surface area contributed by atoms with E-state index in [0.29, 0.717) is 18.4 Å². The van der Waals surface area contributed by atoms with Gasteiger partial charge < -0.3 is 19.5 Å². The summed E-state index contributed by atoms with van der Waals surface area (Å²) >= 11 is 0. The molecule has 0 aromatic carbocycles. The maximum absolute atomic E-state index is 5.10. The fourth-order valence-electron chi connectivity index (χ4n) is 2.42. The summed E-state index contributed by atoms with van der Waals surface area (Å²) in [6.45, 7) is 2.72. The van der Waals surface area contributed by atoms with Gasteiger partial charge in [0.25, 0.3) is 0 Å². The fourth-order valence-corrected chi connectivity index (χ4v) is 2.42. The zero-order valence-corrected chi connectivity index (χ0v) is 12.4. The van der Waals surface area contributed by atoms with Crippen molar-refractivity contribution in [1.82, 2.24) is 15.0 Å². The number of hydrogen-bond donors (Lipinski definition) is 1. The van der Waals surface area contributed by atoms with Gasteiger partial charge in [0.2, 0.25) is 17.8 Å². The third kappa shape index (κ3) is 3.07. The van der Waals surface area contributed by atoms with Gasteiger partial charge in [-0.15, -0.1) is 0 Å². The van der Waals surface area contributed by atoms with E-state index >= 15 is 0 Å². The molecular formula is C14H20N6O. The third-order valence-corrected chi connectivity index (χ3v) is 3.57. The van der Waals surface area contributed by atoms with E-state index in [-0.39, 0.29) is 0 Å². The predicted molar refractivity (Wildman–Crippen MR) is 81.6 cm³/mol. The average Bonchev–Trinajstić information content (AvgIpc) is 3.20. The molecule has 1 fully saturated rings. The van der Waals surface area contributed by atoms with Crippen molar-refractivity contribution in [2.75, 3.05) is 42.3 Å². The molecule has 3 heterocycles. The summed E-state index contributed by atoms with van der Waals surface area (Å²) in [5, 5.41) is 3.01. The van der Waals surface area contributed by atoms with Crippen LogP contribution in [-0.2, 0) is 6.54 Å². The van der Waals surface area contributed by atoms with Gasteiger partial charge in [0.05, 0.1) is 12.5 Å². The summed E-state index contributed by atoms with van der Waals surface area (Å²) in [5.74, 6) is 2.01. The van der Waals surface area contributed by atoms with Crippen molar-refractivity contribution >= 4 is 17.8 Å². The van der Waals surface area contributed by atoms with Crippen molar-refractivity contribution in [3.8, 4) is 0 Å². The quantitative estimate of drug-likeness (QED) is 0.898. The molecule has 0 aliphatic carbocycles. The van der Waals surface area contributed by atoms with Crippen LogP contribution in [0.15, 0.2) is 23.0 Å². The van der Waals surface area contributed by atoms with Crippen LogP contribution in [0.25, 0.3) is 0 Å². The van der Waals surface area contributed by atoms with Crippen LogP contribution in [0.2, 0.25) is 0 Å². The molecule has 0 bridgehead atoms. The lowest BCUT2D eigenvalue weighted by molar-refractivity contribution is 0.563. The highest BCUT2D eigenvalue weighted by atomic mass is 16.3. The van der Waals surface area contributed by atoms with Crippen LogP contribution in [0.3, 0.4) is 0 Å². The lowest BCUT2D eigenvalue weighted by Crippen LogP contribution is -2.25. The van der Waals surface area contributed by atoms with Crippen LogP contribution < -0.4 is 15.1 Å². The van der Waals surface area contributed by atoms with E-state index in [9.17, 15) is 0 Å². The minimum atomic E-state index is 0.598. The second kappa shape index (κ2) is 5.99. The second-order valence-corrected chi connectivity index (χ2v) is 5.19. The summed E-state index contributed by atoms with van der Waals surface area (Å²) in [7, 11) is 3.79. The molecule has 0 radical (unpaired) electrons. The summed E-state index contributed by atoms with van der Waals surface area (Å²) in [4.78, 5) is 17.7. The number of furan rings is 1. The van der Waals surface area contributed by atoms with Crippen LogP contribution in [0.4, 0.5) is 17.8 Å². The van der Waals surface area contributed by atoms with Crippen molar-refractivity contribution in [3.63, 3.8) is 0 Å². The molecule has 0 atom stereocenters. The zero-order valence-electron chi connectivity index (χ0n) is 12.4. The number of anilines is 3. The van der Waals surface area contributed by atoms with Crippen molar-refractivity contribution < 1.29 is 4.42 Å². The van der Waals surface area contributed by atoms with Gasteiger partial charge in [0.15, 0.2) is 0 Å². The first kappa shape index (κ1) is 13.7. The monoisotopic (exact) mass is 288 g/mol. The Kier molecular flexibility index (Phi) is 3.89. The Morgan fingerprint density at radius 1 is 1.29 bits per heavy atom. The van der Waals surface area contributed by atoms with E-state index in [0.717, 1.165) is 24.6 Å². The normalized spacial score (nSPS) is 14.5. The molecule has 0 spiro atoms. The van der Waals surface area contributed by atoms with Crippen molar-refractivity contribution in [2.45, 2.75) is 19.4 Å². The van der Waals surface area contributed by atoms with E-state index in [1.165, 1.54) is 12.8 Å². The highest BCUT2D eigenvalue weighted by Gasteiger charge is 2.18. The Morgan fingerprint density at radius 3 is 2.76 bits per heavy atom. The topological polar surface area (TPSA) is 70.3 Å². The summed E-state index contributed by atoms with van der Waals surface area (Å²) < 4.78 is 5.10. The van der Waals surface area contributed by atoms with Crippen LogP contribution in [0, 0.1) is 0 Å². The standard InChI is InChI=1S/C14H20N6O/c1-15-12-16-13(19(2)9-11-5-8-21-10-11)18-14(17-12)20-6-3-4-7-20/h5,8,10H,3-4,6-7,9H2,1-2H3,(H,15,16,17,18). The minimum Gasteiger partial charge on any atom is -0.472 e. The van der Waals surface area contributed by atoms with Gasteiger partial charge in [-0.1, -0.05) is 0 Å². The van der Waals surface area contributed by atoms with Crippen molar-refractivity contribution in [1.29, 1.82) is 0 Å². The summed E-state index contributed by atoms with van der Waals surface area (Å²) in [5.41, 5.74) is 1.09. The maximum atomic E-state index is 5.10. The van der Waals surface area contributed by atoms with Gasteiger partial charge in [-0.25, -0.2) is 0 Å². The number of nitrogens with zero attached hydrogens (tertiary/aromatic N) is 5. The van der Waals surface area contributed by atoms with Crippen LogP contribution in [0.5, 0.6) is 0 Å². The van der Waals surface area contributed by atoms with E-state index < -0.39 is 0 Å².